The molecule has 2 fully saturated rings. The molecule has 2 aliphatic heterocycles. The number of nitrogens with one attached hydrogen (secondary N) is 2. The van der Waals surface area contributed by atoms with Crippen LogP contribution < -0.4 is 10.6 Å². The molecule has 2 aliphatic rings. The van der Waals surface area contributed by atoms with Crippen molar-refractivity contribution in [1.29, 1.82) is 0 Å². The summed E-state index contributed by atoms with van der Waals surface area (Å²) in [7, 11) is 0. The molecule has 0 radical (unpaired) electrons. The van der Waals surface area contributed by atoms with Crippen molar-refractivity contribution in [2.45, 2.75) is 32.8 Å². The number of hydrogen-bond donors (Lipinski definition) is 2. The Labute approximate surface area is 93.0 Å². The molecular weight excluding hydrogens is 188 g/mol. The van der Waals surface area contributed by atoms with Gasteiger partial charge in [0.2, 0.25) is 0 Å². The third-order valence-electron chi connectivity index (χ3n) is 3.95. The minimum absolute atomic E-state index is 0.451. The second-order valence-electron chi connectivity index (χ2n) is 5.49. The van der Waals surface area contributed by atoms with E-state index in [1.165, 1.54) is 19.4 Å². The van der Waals surface area contributed by atoms with Crippen molar-refractivity contribution in [3.05, 3.63) is 0 Å². The lowest BCUT2D eigenvalue weighted by Crippen LogP contribution is -2.37. The summed E-state index contributed by atoms with van der Waals surface area (Å²) in [4.78, 5) is 0. The molecule has 3 heteroatoms. The molecule has 2 rings (SSSR count). The van der Waals surface area contributed by atoms with Crippen LogP contribution in [0.2, 0.25) is 0 Å². The maximum absolute atomic E-state index is 5.56. The normalized spacial score (nSPS) is 41.2. The number of rotatable bonds is 4. The molecule has 0 aromatic carbocycles. The molecule has 0 saturated carbocycles. The van der Waals surface area contributed by atoms with E-state index in [4.69, 9.17) is 4.74 Å². The fraction of sp³-hybridized carbons (Fsp3) is 1.00. The van der Waals surface area contributed by atoms with E-state index in [1.807, 2.05) is 0 Å². The minimum atomic E-state index is 0.451. The van der Waals surface area contributed by atoms with Crippen LogP contribution in [0.5, 0.6) is 0 Å². The third kappa shape index (κ3) is 2.92. The van der Waals surface area contributed by atoms with E-state index >= 15 is 0 Å². The van der Waals surface area contributed by atoms with Gasteiger partial charge in [-0.2, -0.15) is 0 Å². The van der Waals surface area contributed by atoms with Crippen LogP contribution >= 0.6 is 0 Å². The van der Waals surface area contributed by atoms with Crippen LogP contribution in [0.1, 0.15) is 26.7 Å². The van der Waals surface area contributed by atoms with Gasteiger partial charge in [-0.25, -0.2) is 0 Å². The van der Waals surface area contributed by atoms with E-state index in [1.54, 1.807) is 0 Å². The Morgan fingerprint density at radius 2 is 2.40 bits per heavy atom. The van der Waals surface area contributed by atoms with E-state index in [2.05, 4.69) is 24.5 Å². The SMILES string of the molecule is CC1OCCC1CNCC1(C)CCNC1. The highest BCUT2D eigenvalue weighted by molar-refractivity contribution is 4.86. The van der Waals surface area contributed by atoms with Crippen molar-refractivity contribution < 1.29 is 4.74 Å². The molecule has 0 aromatic rings. The van der Waals surface area contributed by atoms with Gasteiger partial charge in [-0.1, -0.05) is 6.92 Å². The molecule has 0 amide bonds. The standard InChI is InChI=1S/C12H24N2O/c1-10-11(3-6-15-10)7-14-9-12(2)4-5-13-8-12/h10-11,13-14H,3-9H2,1-2H3. The van der Waals surface area contributed by atoms with Crippen molar-refractivity contribution in [2.75, 3.05) is 32.8 Å². The monoisotopic (exact) mass is 212 g/mol. The van der Waals surface area contributed by atoms with Gasteiger partial charge in [-0.15, -0.1) is 0 Å². The molecule has 0 bridgehead atoms. The molecule has 3 atom stereocenters. The van der Waals surface area contributed by atoms with Gasteiger partial charge in [0.05, 0.1) is 6.10 Å². The Hall–Kier alpha value is -0.120. The summed E-state index contributed by atoms with van der Waals surface area (Å²) in [6.45, 7) is 10.1. The zero-order valence-electron chi connectivity index (χ0n) is 10.0. The first-order valence-electron chi connectivity index (χ1n) is 6.23. The molecule has 15 heavy (non-hydrogen) atoms. The molecular formula is C12H24N2O. The highest BCUT2D eigenvalue weighted by Gasteiger charge is 2.29. The first-order chi connectivity index (χ1) is 7.20. The van der Waals surface area contributed by atoms with Crippen LogP contribution in [-0.4, -0.2) is 38.9 Å². The lowest BCUT2D eigenvalue weighted by Gasteiger charge is -2.24. The van der Waals surface area contributed by atoms with E-state index in [9.17, 15) is 0 Å². The molecule has 3 nitrogen and oxygen atoms in total. The summed E-state index contributed by atoms with van der Waals surface area (Å²) in [5.74, 6) is 0.725. The molecule has 2 N–H and O–H groups in total. The average Bonchev–Trinajstić information content (AvgIpc) is 2.78. The van der Waals surface area contributed by atoms with Crippen molar-refractivity contribution in [3.8, 4) is 0 Å². The molecule has 3 unspecified atom stereocenters. The number of hydrogen-bond acceptors (Lipinski definition) is 3. The minimum Gasteiger partial charge on any atom is -0.378 e. The van der Waals surface area contributed by atoms with Gasteiger partial charge in [-0.05, 0) is 37.6 Å². The quantitative estimate of drug-likeness (QED) is 0.729. The zero-order valence-corrected chi connectivity index (χ0v) is 10.0. The van der Waals surface area contributed by atoms with Gasteiger partial charge in [0.25, 0.3) is 0 Å². The van der Waals surface area contributed by atoms with E-state index in [-0.39, 0.29) is 0 Å². The molecule has 2 saturated heterocycles. The second kappa shape index (κ2) is 4.81. The van der Waals surface area contributed by atoms with E-state index < -0.39 is 0 Å². The Balaban J connectivity index is 1.65. The summed E-state index contributed by atoms with van der Waals surface area (Å²) in [6.07, 6.45) is 2.98. The topological polar surface area (TPSA) is 33.3 Å². The summed E-state index contributed by atoms with van der Waals surface area (Å²) >= 11 is 0. The van der Waals surface area contributed by atoms with Crippen LogP contribution in [0.4, 0.5) is 0 Å². The first-order valence-corrected chi connectivity index (χ1v) is 6.23. The molecule has 88 valence electrons. The Morgan fingerprint density at radius 3 is 3.00 bits per heavy atom. The van der Waals surface area contributed by atoms with Gasteiger partial charge < -0.3 is 15.4 Å². The maximum atomic E-state index is 5.56. The molecule has 0 spiro atoms. The summed E-state index contributed by atoms with van der Waals surface area (Å²) < 4.78 is 5.56. The predicted molar refractivity (Wildman–Crippen MR) is 62.0 cm³/mol. The van der Waals surface area contributed by atoms with Crippen LogP contribution in [0, 0.1) is 11.3 Å². The lowest BCUT2D eigenvalue weighted by molar-refractivity contribution is 0.105. The largest absolute Gasteiger partial charge is 0.378 e. The van der Waals surface area contributed by atoms with E-state index in [0.29, 0.717) is 11.5 Å². The average molecular weight is 212 g/mol. The molecule has 2 heterocycles. The van der Waals surface area contributed by atoms with Crippen LogP contribution in [0.25, 0.3) is 0 Å². The zero-order chi connectivity index (χ0) is 10.7. The third-order valence-corrected chi connectivity index (χ3v) is 3.95. The van der Waals surface area contributed by atoms with Gasteiger partial charge in [0.15, 0.2) is 0 Å². The van der Waals surface area contributed by atoms with Crippen LogP contribution in [0.15, 0.2) is 0 Å². The van der Waals surface area contributed by atoms with Gasteiger partial charge in [0.1, 0.15) is 0 Å². The fourth-order valence-electron chi connectivity index (χ4n) is 2.62. The predicted octanol–water partition coefficient (Wildman–Crippen LogP) is 1.00. The fourth-order valence-corrected chi connectivity index (χ4v) is 2.62. The highest BCUT2D eigenvalue weighted by Crippen LogP contribution is 2.24. The number of ether oxygens (including phenoxy) is 1. The summed E-state index contributed by atoms with van der Waals surface area (Å²) in [5, 5.41) is 7.06. The van der Waals surface area contributed by atoms with Crippen molar-refractivity contribution in [1.82, 2.24) is 10.6 Å². The van der Waals surface area contributed by atoms with E-state index in [0.717, 1.165) is 32.2 Å². The lowest BCUT2D eigenvalue weighted by atomic mass is 9.89. The van der Waals surface area contributed by atoms with Crippen molar-refractivity contribution in [2.24, 2.45) is 11.3 Å². The summed E-state index contributed by atoms with van der Waals surface area (Å²) in [5.41, 5.74) is 0.475. The van der Waals surface area contributed by atoms with Crippen molar-refractivity contribution in [3.63, 3.8) is 0 Å². The second-order valence-corrected chi connectivity index (χ2v) is 5.49. The van der Waals surface area contributed by atoms with Gasteiger partial charge in [0, 0.05) is 26.2 Å². The van der Waals surface area contributed by atoms with Crippen LogP contribution in [-0.2, 0) is 4.74 Å². The maximum Gasteiger partial charge on any atom is 0.0588 e. The van der Waals surface area contributed by atoms with Gasteiger partial charge >= 0.3 is 0 Å². The van der Waals surface area contributed by atoms with Crippen LogP contribution in [0.3, 0.4) is 0 Å². The molecule has 0 aliphatic carbocycles. The molecule has 0 aromatic heterocycles. The smallest absolute Gasteiger partial charge is 0.0588 e. The van der Waals surface area contributed by atoms with Gasteiger partial charge in [-0.3, -0.25) is 0 Å². The Kier molecular flexibility index (Phi) is 3.65. The first kappa shape index (κ1) is 11.4. The summed E-state index contributed by atoms with van der Waals surface area (Å²) in [6, 6.07) is 0. The van der Waals surface area contributed by atoms with Crippen molar-refractivity contribution >= 4 is 0 Å². The Morgan fingerprint density at radius 1 is 1.53 bits per heavy atom. The highest BCUT2D eigenvalue weighted by atomic mass is 16.5. The Bertz CT molecular complexity index is 202.